The Balaban J connectivity index is 2.21. The van der Waals surface area contributed by atoms with Gasteiger partial charge in [-0.2, -0.15) is 0 Å². The smallest absolute Gasteiger partial charge is 0.123 e. The van der Waals surface area contributed by atoms with Crippen molar-refractivity contribution in [3.63, 3.8) is 0 Å². The van der Waals surface area contributed by atoms with Gasteiger partial charge in [-0.15, -0.1) is 11.3 Å². The number of nitrogens with zero attached hydrogens (tertiary/aromatic N) is 1. The second-order valence-electron chi connectivity index (χ2n) is 4.98. The van der Waals surface area contributed by atoms with Crippen molar-refractivity contribution in [3.05, 3.63) is 40.4 Å². The van der Waals surface area contributed by atoms with Crippen LogP contribution in [0.3, 0.4) is 0 Å². The molecular weight excluding hydrogens is 240 g/mol. The third-order valence-corrected chi connectivity index (χ3v) is 3.96. The molecule has 1 aromatic carbocycles. The number of aromatic nitrogens is 1. The van der Waals surface area contributed by atoms with E-state index in [2.05, 4.69) is 37.4 Å². The summed E-state index contributed by atoms with van der Waals surface area (Å²) in [5.41, 5.74) is 10.8. The van der Waals surface area contributed by atoms with E-state index in [9.17, 15) is 0 Å². The summed E-state index contributed by atoms with van der Waals surface area (Å²) in [6.45, 7) is 6.29. The van der Waals surface area contributed by atoms with Crippen molar-refractivity contribution >= 4 is 11.3 Å². The molecule has 1 heterocycles. The van der Waals surface area contributed by atoms with Crippen molar-refractivity contribution < 1.29 is 0 Å². The molecule has 2 aromatic rings. The number of hydrogen-bond donors (Lipinski definition) is 1. The predicted octanol–water partition coefficient (Wildman–Crippen LogP) is 3.71. The van der Waals surface area contributed by atoms with Crippen LogP contribution in [0.5, 0.6) is 0 Å². The van der Waals surface area contributed by atoms with Gasteiger partial charge in [0.15, 0.2) is 0 Å². The van der Waals surface area contributed by atoms with Crippen LogP contribution in [0.1, 0.15) is 30.2 Å². The molecule has 0 saturated carbocycles. The van der Waals surface area contributed by atoms with Crippen molar-refractivity contribution in [3.8, 4) is 10.6 Å². The number of hydrogen-bond acceptors (Lipinski definition) is 3. The zero-order valence-electron chi connectivity index (χ0n) is 11.2. The van der Waals surface area contributed by atoms with Gasteiger partial charge in [0.2, 0.25) is 0 Å². The Bertz CT molecular complexity index is 529. The average molecular weight is 260 g/mol. The highest BCUT2D eigenvalue weighted by atomic mass is 32.1. The maximum Gasteiger partial charge on any atom is 0.123 e. The topological polar surface area (TPSA) is 38.9 Å². The lowest BCUT2D eigenvalue weighted by atomic mass is 10.1. The lowest BCUT2D eigenvalue weighted by Crippen LogP contribution is -2.15. The predicted molar refractivity (Wildman–Crippen MR) is 79.0 cm³/mol. The molecule has 2 N–H and O–H groups in total. The molecular formula is C15H20N2S. The summed E-state index contributed by atoms with van der Waals surface area (Å²) >= 11 is 1.73. The third-order valence-electron chi connectivity index (χ3n) is 3.03. The standard InChI is InChI=1S/C15H20N2S/c1-10-4-5-11(2)14(8-10)15-17-13(9-18-15)7-6-12(3)16/h4-5,8-9,12H,6-7,16H2,1-3H3. The van der Waals surface area contributed by atoms with Crippen LogP contribution in [-0.4, -0.2) is 11.0 Å². The van der Waals surface area contributed by atoms with Crippen LogP contribution in [0.4, 0.5) is 0 Å². The van der Waals surface area contributed by atoms with E-state index in [1.807, 2.05) is 6.92 Å². The Hall–Kier alpha value is -1.19. The maximum absolute atomic E-state index is 5.78. The largest absolute Gasteiger partial charge is 0.328 e. The molecule has 1 atom stereocenters. The molecule has 0 aliphatic heterocycles. The quantitative estimate of drug-likeness (QED) is 0.910. The second kappa shape index (κ2) is 5.63. The van der Waals surface area contributed by atoms with Gasteiger partial charge in [-0.1, -0.05) is 17.7 Å². The molecule has 1 aromatic heterocycles. The van der Waals surface area contributed by atoms with Crippen LogP contribution >= 0.6 is 11.3 Å². The summed E-state index contributed by atoms with van der Waals surface area (Å²) in [7, 11) is 0. The minimum atomic E-state index is 0.246. The Morgan fingerprint density at radius 3 is 2.83 bits per heavy atom. The van der Waals surface area contributed by atoms with Gasteiger partial charge in [-0.25, -0.2) is 4.98 Å². The molecule has 0 aliphatic rings. The molecule has 0 bridgehead atoms. The first-order chi connectivity index (χ1) is 8.56. The van der Waals surface area contributed by atoms with Crippen LogP contribution in [0.2, 0.25) is 0 Å². The molecule has 0 amide bonds. The highest BCUT2D eigenvalue weighted by Gasteiger charge is 2.08. The SMILES string of the molecule is Cc1ccc(C)c(-c2nc(CCC(C)N)cs2)c1. The zero-order chi connectivity index (χ0) is 13.1. The number of nitrogens with two attached hydrogens (primary N) is 1. The molecule has 2 nitrogen and oxygen atoms in total. The molecule has 2 rings (SSSR count). The van der Waals surface area contributed by atoms with Crippen LogP contribution in [0.25, 0.3) is 10.6 Å². The lowest BCUT2D eigenvalue weighted by molar-refractivity contribution is 0.660. The fourth-order valence-corrected chi connectivity index (χ4v) is 2.82. The fraction of sp³-hybridized carbons (Fsp3) is 0.400. The first-order valence-corrected chi connectivity index (χ1v) is 7.22. The molecule has 3 heteroatoms. The third kappa shape index (κ3) is 3.18. The number of rotatable bonds is 4. The van der Waals surface area contributed by atoms with E-state index in [4.69, 9.17) is 10.7 Å². The summed E-state index contributed by atoms with van der Waals surface area (Å²) < 4.78 is 0. The van der Waals surface area contributed by atoms with Gasteiger partial charge in [0.1, 0.15) is 5.01 Å². The average Bonchev–Trinajstić information content (AvgIpc) is 2.78. The molecule has 0 spiro atoms. The van der Waals surface area contributed by atoms with Crippen molar-refractivity contribution in [1.82, 2.24) is 4.98 Å². The number of thiazole rings is 1. The van der Waals surface area contributed by atoms with E-state index >= 15 is 0 Å². The van der Waals surface area contributed by atoms with Crippen LogP contribution in [-0.2, 0) is 6.42 Å². The van der Waals surface area contributed by atoms with Crippen LogP contribution < -0.4 is 5.73 Å². The van der Waals surface area contributed by atoms with Gasteiger partial charge >= 0.3 is 0 Å². The second-order valence-corrected chi connectivity index (χ2v) is 5.84. The minimum Gasteiger partial charge on any atom is -0.328 e. The van der Waals surface area contributed by atoms with Gasteiger partial charge in [-0.3, -0.25) is 0 Å². The fourth-order valence-electron chi connectivity index (χ4n) is 1.89. The Labute approximate surface area is 113 Å². The summed E-state index contributed by atoms with van der Waals surface area (Å²) in [5, 5.41) is 3.27. The molecule has 0 radical (unpaired) electrons. The van der Waals surface area contributed by atoms with Gasteiger partial charge in [0.25, 0.3) is 0 Å². The van der Waals surface area contributed by atoms with E-state index in [1.165, 1.54) is 16.7 Å². The Kier molecular flexibility index (Phi) is 4.15. The van der Waals surface area contributed by atoms with Gasteiger partial charge in [0, 0.05) is 17.0 Å². The van der Waals surface area contributed by atoms with E-state index in [-0.39, 0.29) is 6.04 Å². The van der Waals surface area contributed by atoms with Gasteiger partial charge in [0.05, 0.1) is 5.69 Å². The number of aryl methyl sites for hydroxylation is 3. The highest BCUT2D eigenvalue weighted by molar-refractivity contribution is 7.13. The lowest BCUT2D eigenvalue weighted by Gasteiger charge is -2.04. The summed E-state index contributed by atoms with van der Waals surface area (Å²) in [6, 6.07) is 6.76. The minimum absolute atomic E-state index is 0.246. The zero-order valence-corrected chi connectivity index (χ0v) is 12.1. The van der Waals surface area contributed by atoms with Gasteiger partial charge in [-0.05, 0) is 45.2 Å². The first kappa shape index (κ1) is 13.2. The van der Waals surface area contributed by atoms with Crippen molar-refractivity contribution in [2.45, 2.75) is 39.7 Å². The molecule has 0 aliphatic carbocycles. The van der Waals surface area contributed by atoms with E-state index in [0.717, 1.165) is 23.5 Å². The first-order valence-electron chi connectivity index (χ1n) is 6.34. The summed E-state index contributed by atoms with van der Waals surface area (Å²) in [6.07, 6.45) is 1.97. The monoisotopic (exact) mass is 260 g/mol. The Morgan fingerprint density at radius 1 is 1.33 bits per heavy atom. The normalized spacial score (nSPS) is 12.7. The van der Waals surface area contributed by atoms with Gasteiger partial charge < -0.3 is 5.73 Å². The van der Waals surface area contributed by atoms with Crippen molar-refractivity contribution in [1.29, 1.82) is 0 Å². The molecule has 18 heavy (non-hydrogen) atoms. The molecule has 0 fully saturated rings. The highest BCUT2D eigenvalue weighted by Crippen LogP contribution is 2.28. The summed E-state index contributed by atoms with van der Waals surface area (Å²) in [4.78, 5) is 4.72. The van der Waals surface area contributed by atoms with Crippen LogP contribution in [0, 0.1) is 13.8 Å². The summed E-state index contributed by atoms with van der Waals surface area (Å²) in [5.74, 6) is 0. The molecule has 96 valence electrons. The van der Waals surface area contributed by atoms with Crippen LogP contribution in [0.15, 0.2) is 23.6 Å². The Morgan fingerprint density at radius 2 is 2.11 bits per heavy atom. The van der Waals surface area contributed by atoms with Crippen molar-refractivity contribution in [2.75, 3.05) is 0 Å². The van der Waals surface area contributed by atoms with E-state index in [1.54, 1.807) is 11.3 Å². The number of benzene rings is 1. The molecule has 1 unspecified atom stereocenters. The van der Waals surface area contributed by atoms with Crippen molar-refractivity contribution in [2.24, 2.45) is 5.73 Å². The maximum atomic E-state index is 5.78. The van der Waals surface area contributed by atoms with E-state index < -0.39 is 0 Å². The van der Waals surface area contributed by atoms with E-state index in [0.29, 0.717) is 0 Å². The molecule has 0 saturated heterocycles.